The summed E-state index contributed by atoms with van der Waals surface area (Å²) in [6.07, 6.45) is 6.11. The second kappa shape index (κ2) is 6.50. The first kappa shape index (κ1) is 13.0. The molecule has 1 saturated carbocycles. The number of rotatable bonds is 4. The molecule has 1 amide bonds. The predicted molar refractivity (Wildman–Crippen MR) is 69.9 cm³/mol. The summed E-state index contributed by atoms with van der Waals surface area (Å²) in [5.41, 5.74) is 0.631. The van der Waals surface area contributed by atoms with Crippen molar-refractivity contribution in [2.24, 2.45) is 0 Å². The largest absolute Gasteiger partial charge is 0.325 e. The Labute approximate surface area is 107 Å². The quantitative estimate of drug-likeness (QED) is 0.862. The molecule has 3 nitrogen and oxygen atoms in total. The van der Waals surface area contributed by atoms with E-state index >= 15 is 0 Å². The smallest absolute Gasteiger partial charge is 0.238 e. The molecule has 2 rings (SSSR count). The minimum absolute atomic E-state index is 0.0767. The molecule has 1 aromatic rings. The molecule has 1 fully saturated rings. The van der Waals surface area contributed by atoms with Gasteiger partial charge < -0.3 is 10.6 Å². The molecule has 1 aliphatic rings. The van der Waals surface area contributed by atoms with Crippen LogP contribution in [0.2, 0.25) is 0 Å². The fourth-order valence-electron chi connectivity index (χ4n) is 2.28. The van der Waals surface area contributed by atoms with Crippen LogP contribution in [0.25, 0.3) is 0 Å². The maximum Gasteiger partial charge on any atom is 0.238 e. The van der Waals surface area contributed by atoms with Crippen LogP contribution in [0.3, 0.4) is 0 Å². The number of hydrogen-bond acceptors (Lipinski definition) is 2. The molecule has 0 bridgehead atoms. The molecule has 0 saturated heterocycles. The fraction of sp³-hybridized carbons (Fsp3) is 0.500. The van der Waals surface area contributed by atoms with Crippen molar-refractivity contribution < 1.29 is 9.18 Å². The van der Waals surface area contributed by atoms with E-state index < -0.39 is 0 Å². The van der Waals surface area contributed by atoms with Gasteiger partial charge in [-0.1, -0.05) is 19.3 Å². The number of anilines is 1. The zero-order valence-corrected chi connectivity index (χ0v) is 10.4. The van der Waals surface area contributed by atoms with E-state index in [9.17, 15) is 9.18 Å². The predicted octanol–water partition coefficient (Wildman–Crippen LogP) is 2.69. The molecule has 98 valence electrons. The van der Waals surface area contributed by atoms with Gasteiger partial charge in [0.2, 0.25) is 5.91 Å². The number of halogens is 1. The third kappa shape index (κ3) is 4.11. The average molecular weight is 250 g/mol. The Morgan fingerprint density at radius 1 is 1.17 bits per heavy atom. The van der Waals surface area contributed by atoms with Gasteiger partial charge in [0.1, 0.15) is 5.82 Å². The van der Waals surface area contributed by atoms with E-state index in [0.29, 0.717) is 18.3 Å². The molecule has 1 aromatic carbocycles. The minimum atomic E-state index is -0.298. The lowest BCUT2D eigenvalue weighted by Gasteiger charge is -2.22. The highest BCUT2D eigenvalue weighted by molar-refractivity contribution is 5.92. The van der Waals surface area contributed by atoms with Crippen LogP contribution in [0.5, 0.6) is 0 Å². The molecule has 4 heteroatoms. The van der Waals surface area contributed by atoms with Gasteiger partial charge in [-0.15, -0.1) is 0 Å². The summed E-state index contributed by atoms with van der Waals surface area (Å²) in [7, 11) is 0. The zero-order valence-electron chi connectivity index (χ0n) is 10.4. The van der Waals surface area contributed by atoms with Gasteiger partial charge in [-0.05, 0) is 37.1 Å². The molecule has 0 aliphatic heterocycles. The number of hydrogen-bond donors (Lipinski definition) is 2. The van der Waals surface area contributed by atoms with E-state index in [1.165, 1.54) is 31.4 Å². The SMILES string of the molecule is O=C(CNC1CCCCC1)Nc1ccc(F)cc1. The molecular formula is C14H19FN2O. The van der Waals surface area contributed by atoms with Crippen LogP contribution in [0.4, 0.5) is 10.1 Å². The lowest BCUT2D eigenvalue weighted by molar-refractivity contribution is -0.115. The van der Waals surface area contributed by atoms with E-state index in [4.69, 9.17) is 0 Å². The van der Waals surface area contributed by atoms with Gasteiger partial charge in [0.25, 0.3) is 0 Å². The lowest BCUT2D eigenvalue weighted by Crippen LogP contribution is -2.37. The summed E-state index contributed by atoms with van der Waals surface area (Å²) in [4.78, 5) is 11.7. The van der Waals surface area contributed by atoms with Crippen molar-refractivity contribution in [3.8, 4) is 0 Å². The van der Waals surface area contributed by atoms with Gasteiger partial charge in [0.15, 0.2) is 0 Å². The van der Waals surface area contributed by atoms with Gasteiger partial charge >= 0.3 is 0 Å². The van der Waals surface area contributed by atoms with Gasteiger partial charge in [-0.3, -0.25) is 4.79 Å². The highest BCUT2D eigenvalue weighted by Gasteiger charge is 2.13. The molecule has 18 heavy (non-hydrogen) atoms. The van der Waals surface area contributed by atoms with Crippen LogP contribution in [0.15, 0.2) is 24.3 Å². The number of amides is 1. The zero-order chi connectivity index (χ0) is 12.8. The van der Waals surface area contributed by atoms with Crippen LogP contribution in [-0.4, -0.2) is 18.5 Å². The van der Waals surface area contributed by atoms with E-state index in [1.807, 2.05) is 0 Å². The summed E-state index contributed by atoms with van der Waals surface area (Å²) in [6.45, 7) is 0.321. The van der Waals surface area contributed by atoms with Crippen molar-refractivity contribution in [1.29, 1.82) is 0 Å². The van der Waals surface area contributed by atoms with Crippen LogP contribution in [-0.2, 0) is 4.79 Å². The molecule has 0 radical (unpaired) electrons. The summed E-state index contributed by atoms with van der Waals surface area (Å²) in [6, 6.07) is 6.27. The third-order valence-corrected chi connectivity index (χ3v) is 3.28. The monoisotopic (exact) mass is 250 g/mol. The molecule has 0 unspecified atom stereocenters. The fourth-order valence-corrected chi connectivity index (χ4v) is 2.28. The van der Waals surface area contributed by atoms with Crippen LogP contribution < -0.4 is 10.6 Å². The van der Waals surface area contributed by atoms with Crippen LogP contribution >= 0.6 is 0 Å². The molecule has 0 spiro atoms. The number of carbonyl (C=O) groups is 1. The van der Waals surface area contributed by atoms with E-state index in [1.54, 1.807) is 12.1 Å². The minimum Gasteiger partial charge on any atom is -0.325 e. The topological polar surface area (TPSA) is 41.1 Å². The molecule has 2 N–H and O–H groups in total. The molecule has 0 aromatic heterocycles. The van der Waals surface area contributed by atoms with Crippen LogP contribution in [0.1, 0.15) is 32.1 Å². The Balaban J connectivity index is 1.73. The first-order valence-electron chi connectivity index (χ1n) is 6.53. The maximum absolute atomic E-state index is 12.7. The Morgan fingerprint density at radius 2 is 1.83 bits per heavy atom. The summed E-state index contributed by atoms with van der Waals surface area (Å²) in [5, 5.41) is 6.01. The third-order valence-electron chi connectivity index (χ3n) is 3.28. The maximum atomic E-state index is 12.7. The van der Waals surface area contributed by atoms with Crippen molar-refractivity contribution in [1.82, 2.24) is 5.32 Å². The van der Waals surface area contributed by atoms with Crippen LogP contribution in [0, 0.1) is 5.82 Å². The van der Waals surface area contributed by atoms with Crippen molar-refractivity contribution in [2.45, 2.75) is 38.1 Å². The van der Waals surface area contributed by atoms with Gasteiger partial charge in [0.05, 0.1) is 6.54 Å². The highest BCUT2D eigenvalue weighted by atomic mass is 19.1. The van der Waals surface area contributed by atoms with Gasteiger partial charge in [0, 0.05) is 11.7 Å². The standard InChI is InChI=1S/C14H19FN2O/c15-11-6-8-13(9-7-11)17-14(18)10-16-12-4-2-1-3-5-12/h6-9,12,16H,1-5,10H2,(H,17,18). The average Bonchev–Trinajstić information content (AvgIpc) is 2.40. The van der Waals surface area contributed by atoms with Gasteiger partial charge in [-0.25, -0.2) is 4.39 Å². The molecule has 0 heterocycles. The molecule has 1 aliphatic carbocycles. The van der Waals surface area contributed by atoms with Crippen molar-refractivity contribution in [3.05, 3.63) is 30.1 Å². The number of carbonyl (C=O) groups excluding carboxylic acids is 1. The first-order chi connectivity index (χ1) is 8.74. The second-order valence-electron chi connectivity index (χ2n) is 4.77. The lowest BCUT2D eigenvalue weighted by atomic mass is 9.95. The first-order valence-corrected chi connectivity index (χ1v) is 6.53. The second-order valence-corrected chi connectivity index (χ2v) is 4.77. The van der Waals surface area contributed by atoms with Crippen molar-refractivity contribution in [2.75, 3.05) is 11.9 Å². The highest BCUT2D eigenvalue weighted by Crippen LogP contribution is 2.17. The van der Waals surface area contributed by atoms with Gasteiger partial charge in [-0.2, -0.15) is 0 Å². The normalized spacial score (nSPS) is 16.5. The summed E-state index contributed by atoms with van der Waals surface area (Å²) >= 11 is 0. The summed E-state index contributed by atoms with van der Waals surface area (Å²) < 4.78 is 12.7. The van der Waals surface area contributed by atoms with Crippen molar-refractivity contribution in [3.63, 3.8) is 0 Å². The number of benzene rings is 1. The van der Waals surface area contributed by atoms with E-state index in [-0.39, 0.29) is 11.7 Å². The van der Waals surface area contributed by atoms with E-state index in [2.05, 4.69) is 10.6 Å². The summed E-state index contributed by atoms with van der Waals surface area (Å²) in [5.74, 6) is -0.375. The molecular weight excluding hydrogens is 231 g/mol. The Morgan fingerprint density at radius 3 is 2.50 bits per heavy atom. The molecule has 0 atom stereocenters. The Hall–Kier alpha value is -1.42. The number of nitrogens with one attached hydrogen (secondary N) is 2. The Kier molecular flexibility index (Phi) is 4.70. The Bertz CT molecular complexity index is 385. The van der Waals surface area contributed by atoms with E-state index in [0.717, 1.165) is 12.8 Å². The van der Waals surface area contributed by atoms with Crippen molar-refractivity contribution >= 4 is 11.6 Å².